The van der Waals surface area contributed by atoms with Gasteiger partial charge in [-0.05, 0) is 156 Å². The predicted molar refractivity (Wildman–Crippen MR) is 247 cm³/mol. The van der Waals surface area contributed by atoms with E-state index in [0.717, 1.165) is 45.3 Å². The van der Waals surface area contributed by atoms with E-state index >= 15 is 0 Å². The number of anilines is 6. The summed E-state index contributed by atoms with van der Waals surface area (Å²) in [6.07, 6.45) is 0. The standard InChI is InChI=1S/C54H40N4Si/c1-35-6-16-41(17-7-35)57(42-18-8-36(2)9-19-42)45-24-28-49-50-29-25-46(58(43-20-10-37(3)11-21-43)44-22-12-38(4)13-23-44)33-54(50)59(53(49)32-45)51-30-39(34-55)14-26-47(51)48-27-15-40(56-5)31-52(48)59/h6-33H,1-4H3. The lowest BCUT2D eigenvalue weighted by Crippen LogP contribution is -2.70. The van der Waals surface area contributed by atoms with E-state index < -0.39 is 8.07 Å². The second kappa shape index (κ2) is 13.9. The molecule has 0 aromatic heterocycles. The van der Waals surface area contributed by atoms with E-state index in [4.69, 9.17) is 6.57 Å². The van der Waals surface area contributed by atoms with E-state index in [1.807, 2.05) is 12.1 Å². The first kappa shape index (κ1) is 35.9. The maximum absolute atomic E-state index is 10.4. The number of hydrogen-bond donors (Lipinski definition) is 0. The highest BCUT2D eigenvalue weighted by molar-refractivity contribution is 7.24. The summed E-state index contributed by atoms with van der Waals surface area (Å²) in [4.78, 5) is 8.70. The van der Waals surface area contributed by atoms with Gasteiger partial charge in [0.1, 0.15) is 0 Å². The SMILES string of the molecule is [C-]#[N+]c1ccc2c(c1)[Si]1(c3cc(C#N)ccc3-2)c2cc(N(c3ccc(C)cc3)c3ccc(C)cc3)ccc2-c2ccc(N(c3ccc(C)cc3)c3ccc(C)cc3)cc21. The summed E-state index contributed by atoms with van der Waals surface area (Å²) in [5, 5.41) is 15.3. The van der Waals surface area contributed by atoms with Crippen molar-refractivity contribution in [2.24, 2.45) is 0 Å². The number of nitrogens with zero attached hydrogens (tertiary/aromatic N) is 4. The Morgan fingerprint density at radius 1 is 0.407 bits per heavy atom. The molecule has 2 heterocycles. The van der Waals surface area contributed by atoms with Crippen molar-refractivity contribution in [3.8, 4) is 28.3 Å². The third kappa shape index (κ3) is 5.70. The molecule has 0 unspecified atom stereocenters. The molecule has 0 saturated heterocycles. The minimum Gasteiger partial charge on any atom is -0.311 e. The molecule has 2 aliphatic heterocycles. The zero-order chi connectivity index (χ0) is 40.4. The number of hydrogen-bond acceptors (Lipinski definition) is 3. The van der Waals surface area contributed by atoms with Crippen LogP contribution in [0, 0.1) is 45.6 Å². The van der Waals surface area contributed by atoms with Crippen molar-refractivity contribution in [3.63, 3.8) is 0 Å². The maximum atomic E-state index is 10.4. The molecule has 1 spiro atoms. The number of fused-ring (bicyclic) bond motifs is 10. The lowest BCUT2D eigenvalue weighted by Gasteiger charge is -2.32. The van der Waals surface area contributed by atoms with Crippen LogP contribution in [-0.4, -0.2) is 8.07 Å². The minimum absolute atomic E-state index is 0.619. The first-order valence-electron chi connectivity index (χ1n) is 20.0. The first-order valence-corrected chi connectivity index (χ1v) is 22.0. The van der Waals surface area contributed by atoms with Crippen molar-refractivity contribution < 1.29 is 0 Å². The van der Waals surface area contributed by atoms with Crippen LogP contribution in [0.5, 0.6) is 0 Å². The summed E-state index contributed by atoms with van der Waals surface area (Å²) in [5.74, 6) is 0. The van der Waals surface area contributed by atoms with Gasteiger partial charge in [-0.1, -0.05) is 107 Å². The molecule has 0 N–H and O–H groups in total. The molecule has 0 amide bonds. The fraction of sp³-hybridized carbons (Fsp3) is 0.0741. The van der Waals surface area contributed by atoms with Crippen LogP contribution < -0.4 is 30.5 Å². The van der Waals surface area contributed by atoms with Crippen LogP contribution in [0.15, 0.2) is 170 Å². The van der Waals surface area contributed by atoms with Gasteiger partial charge >= 0.3 is 0 Å². The fourth-order valence-corrected chi connectivity index (χ4v) is 15.0. The van der Waals surface area contributed by atoms with E-state index in [2.05, 4.69) is 206 Å². The average molecular weight is 773 g/mol. The third-order valence-corrected chi connectivity index (χ3v) is 17.1. The van der Waals surface area contributed by atoms with Crippen LogP contribution in [0.3, 0.4) is 0 Å². The Morgan fingerprint density at radius 3 is 1.10 bits per heavy atom. The Hall–Kier alpha value is -7.44. The molecule has 0 atom stereocenters. The normalized spacial score (nSPS) is 12.5. The Labute approximate surface area is 347 Å². The molecule has 10 rings (SSSR count). The van der Waals surface area contributed by atoms with E-state index in [0.29, 0.717) is 11.3 Å². The summed E-state index contributed by atoms with van der Waals surface area (Å²) in [5.41, 5.74) is 17.2. The summed E-state index contributed by atoms with van der Waals surface area (Å²) >= 11 is 0. The first-order chi connectivity index (χ1) is 28.8. The van der Waals surface area contributed by atoms with Crippen molar-refractivity contribution in [3.05, 3.63) is 209 Å². The van der Waals surface area contributed by atoms with Crippen LogP contribution in [0.1, 0.15) is 27.8 Å². The molecule has 0 bridgehead atoms. The van der Waals surface area contributed by atoms with E-state index in [1.54, 1.807) is 0 Å². The molecule has 280 valence electrons. The van der Waals surface area contributed by atoms with Crippen LogP contribution in [0.25, 0.3) is 27.1 Å². The van der Waals surface area contributed by atoms with Gasteiger partial charge in [-0.3, -0.25) is 0 Å². The summed E-state index contributed by atoms with van der Waals surface area (Å²) in [7, 11) is -3.19. The predicted octanol–water partition coefficient (Wildman–Crippen LogP) is 11.6. The van der Waals surface area contributed by atoms with Gasteiger partial charge in [0, 0.05) is 34.1 Å². The Balaban J connectivity index is 1.29. The number of benzene rings is 8. The molecule has 0 aliphatic carbocycles. The van der Waals surface area contributed by atoms with Crippen LogP contribution in [0.2, 0.25) is 0 Å². The summed E-state index contributed by atoms with van der Waals surface area (Å²) in [6.45, 7) is 16.7. The van der Waals surface area contributed by atoms with Crippen molar-refractivity contribution in [1.29, 1.82) is 5.26 Å². The van der Waals surface area contributed by atoms with Gasteiger partial charge < -0.3 is 9.80 Å². The van der Waals surface area contributed by atoms with Gasteiger partial charge in [0.05, 0.1) is 18.2 Å². The summed E-state index contributed by atoms with van der Waals surface area (Å²) < 4.78 is 0. The van der Waals surface area contributed by atoms with Gasteiger partial charge in [0.2, 0.25) is 0 Å². The Bertz CT molecular complexity index is 2740. The van der Waals surface area contributed by atoms with Crippen molar-refractivity contribution >= 4 is 68.6 Å². The molecule has 5 heteroatoms. The molecule has 59 heavy (non-hydrogen) atoms. The van der Waals surface area contributed by atoms with Crippen molar-refractivity contribution in [1.82, 2.24) is 0 Å². The number of aryl methyl sites for hydroxylation is 4. The molecule has 0 radical (unpaired) electrons. The highest BCUT2D eigenvalue weighted by atomic mass is 28.3. The molecule has 8 aromatic rings. The maximum Gasteiger partial charge on any atom is 0.187 e. The number of rotatable bonds is 6. The second-order valence-electron chi connectivity index (χ2n) is 15.9. The van der Waals surface area contributed by atoms with E-state index in [9.17, 15) is 5.26 Å². The molecule has 2 aliphatic rings. The molecule has 8 aromatic carbocycles. The van der Waals surface area contributed by atoms with E-state index in [-0.39, 0.29) is 0 Å². The Morgan fingerprint density at radius 2 is 0.729 bits per heavy atom. The van der Waals surface area contributed by atoms with Gasteiger partial charge in [-0.2, -0.15) is 5.26 Å². The quantitative estimate of drug-likeness (QED) is 0.125. The van der Waals surface area contributed by atoms with Crippen LogP contribution >= 0.6 is 0 Å². The Kier molecular flexibility index (Phi) is 8.46. The third-order valence-electron chi connectivity index (χ3n) is 12.2. The van der Waals surface area contributed by atoms with Gasteiger partial charge in [-0.15, -0.1) is 0 Å². The zero-order valence-corrected chi connectivity index (χ0v) is 34.5. The zero-order valence-electron chi connectivity index (χ0n) is 33.5. The lowest BCUT2D eigenvalue weighted by atomic mass is 10.0. The topological polar surface area (TPSA) is 34.6 Å². The number of nitriles is 1. The lowest BCUT2D eigenvalue weighted by molar-refractivity contribution is 1.27. The molecule has 4 nitrogen and oxygen atoms in total. The molecule has 0 saturated carbocycles. The fourth-order valence-electron chi connectivity index (χ4n) is 9.28. The second-order valence-corrected chi connectivity index (χ2v) is 19.6. The van der Waals surface area contributed by atoms with Crippen molar-refractivity contribution in [2.75, 3.05) is 9.80 Å². The smallest absolute Gasteiger partial charge is 0.187 e. The largest absolute Gasteiger partial charge is 0.311 e. The van der Waals surface area contributed by atoms with Crippen molar-refractivity contribution in [2.45, 2.75) is 27.7 Å². The minimum atomic E-state index is -3.19. The average Bonchev–Trinajstić information content (AvgIpc) is 3.72. The van der Waals surface area contributed by atoms with E-state index in [1.165, 1.54) is 54.1 Å². The molecular formula is C54H40N4Si. The van der Waals surface area contributed by atoms with Crippen LogP contribution in [0.4, 0.5) is 39.8 Å². The molecular weight excluding hydrogens is 733 g/mol. The monoisotopic (exact) mass is 772 g/mol. The summed E-state index contributed by atoms with van der Waals surface area (Å²) in [6, 6.07) is 63.8. The highest BCUT2D eigenvalue weighted by Crippen LogP contribution is 2.43. The van der Waals surface area contributed by atoms with Gasteiger partial charge in [-0.25, -0.2) is 4.85 Å². The van der Waals surface area contributed by atoms with Gasteiger partial charge in [0.15, 0.2) is 13.8 Å². The highest BCUT2D eigenvalue weighted by Gasteiger charge is 2.54. The molecule has 0 fully saturated rings. The van der Waals surface area contributed by atoms with Crippen LogP contribution in [-0.2, 0) is 0 Å². The van der Waals surface area contributed by atoms with Gasteiger partial charge in [0.25, 0.3) is 0 Å².